The van der Waals surface area contributed by atoms with Crippen molar-refractivity contribution >= 4 is 0 Å². The molecule has 2 N–H and O–H groups in total. The summed E-state index contributed by atoms with van der Waals surface area (Å²) in [4.78, 5) is 2.58. The molecule has 1 saturated carbocycles. The zero-order chi connectivity index (χ0) is 11.9. The fraction of sp³-hybridized carbons (Fsp3) is 0.600. The largest absolute Gasteiger partial charge is 0.329 e. The first kappa shape index (κ1) is 11.2. The highest BCUT2D eigenvalue weighted by atomic mass is 15.2. The van der Waals surface area contributed by atoms with Crippen molar-refractivity contribution in [1.82, 2.24) is 4.90 Å². The van der Waals surface area contributed by atoms with Crippen molar-refractivity contribution in [3.05, 3.63) is 35.4 Å². The van der Waals surface area contributed by atoms with E-state index < -0.39 is 0 Å². The summed E-state index contributed by atoms with van der Waals surface area (Å²) in [6.07, 6.45) is 4.10. The lowest BCUT2D eigenvalue weighted by molar-refractivity contribution is 0.0934. The third-order valence-corrected chi connectivity index (χ3v) is 4.47. The van der Waals surface area contributed by atoms with E-state index in [1.54, 1.807) is 0 Å². The Morgan fingerprint density at radius 3 is 2.29 bits per heavy atom. The molecule has 0 amide bonds. The first-order valence-electron chi connectivity index (χ1n) is 6.73. The second-order valence-electron chi connectivity index (χ2n) is 5.97. The molecule has 1 heterocycles. The minimum absolute atomic E-state index is 0.195. The molecule has 1 unspecified atom stereocenters. The van der Waals surface area contributed by atoms with E-state index in [-0.39, 0.29) is 5.54 Å². The molecule has 17 heavy (non-hydrogen) atoms. The van der Waals surface area contributed by atoms with Crippen LogP contribution in [0.3, 0.4) is 0 Å². The van der Waals surface area contributed by atoms with E-state index in [1.807, 2.05) is 0 Å². The van der Waals surface area contributed by atoms with Crippen LogP contribution in [-0.4, -0.2) is 17.0 Å². The molecule has 2 heteroatoms. The maximum absolute atomic E-state index is 6.06. The van der Waals surface area contributed by atoms with Crippen LogP contribution < -0.4 is 5.73 Å². The Morgan fingerprint density at radius 2 is 1.82 bits per heavy atom. The highest BCUT2D eigenvalue weighted by molar-refractivity contribution is 5.31. The summed E-state index contributed by atoms with van der Waals surface area (Å²) >= 11 is 0. The van der Waals surface area contributed by atoms with Gasteiger partial charge in [0.2, 0.25) is 0 Å². The first-order valence-corrected chi connectivity index (χ1v) is 6.73. The van der Waals surface area contributed by atoms with E-state index in [0.717, 1.165) is 25.6 Å². The summed E-state index contributed by atoms with van der Waals surface area (Å²) in [6.45, 7) is 5.28. The third kappa shape index (κ3) is 2.12. The van der Waals surface area contributed by atoms with Gasteiger partial charge in [0, 0.05) is 25.2 Å². The fourth-order valence-electron chi connectivity index (χ4n) is 3.00. The van der Waals surface area contributed by atoms with Gasteiger partial charge in [-0.2, -0.15) is 0 Å². The Labute approximate surface area is 104 Å². The van der Waals surface area contributed by atoms with Gasteiger partial charge in [0.15, 0.2) is 0 Å². The van der Waals surface area contributed by atoms with Crippen LogP contribution in [0.1, 0.15) is 37.3 Å². The molecule has 0 spiro atoms. The number of hydrogen-bond donors (Lipinski definition) is 1. The number of nitrogens with zero attached hydrogens (tertiary/aromatic N) is 1. The van der Waals surface area contributed by atoms with Gasteiger partial charge in [-0.05, 0) is 30.4 Å². The lowest BCUT2D eigenvalue weighted by Gasteiger charge is -2.38. The zero-order valence-corrected chi connectivity index (χ0v) is 10.7. The molecule has 0 saturated heterocycles. The number of rotatable bonds is 4. The molecule has 1 aliphatic heterocycles. The van der Waals surface area contributed by atoms with Crippen molar-refractivity contribution in [2.24, 2.45) is 11.7 Å². The number of benzene rings is 1. The van der Waals surface area contributed by atoms with Crippen LogP contribution in [-0.2, 0) is 13.1 Å². The summed E-state index contributed by atoms with van der Waals surface area (Å²) in [5.41, 5.74) is 9.23. The average molecular weight is 230 g/mol. The van der Waals surface area contributed by atoms with Gasteiger partial charge in [0.05, 0.1) is 0 Å². The topological polar surface area (TPSA) is 29.3 Å². The Kier molecular flexibility index (Phi) is 2.72. The van der Waals surface area contributed by atoms with Crippen molar-refractivity contribution in [2.75, 3.05) is 6.54 Å². The minimum Gasteiger partial charge on any atom is -0.329 e. The third-order valence-electron chi connectivity index (χ3n) is 4.47. The van der Waals surface area contributed by atoms with Gasteiger partial charge in [-0.1, -0.05) is 37.1 Å². The molecule has 0 radical (unpaired) electrons. The van der Waals surface area contributed by atoms with Gasteiger partial charge in [-0.3, -0.25) is 4.90 Å². The van der Waals surface area contributed by atoms with E-state index in [9.17, 15) is 0 Å². The predicted octanol–water partition coefficient (Wildman–Crippen LogP) is 2.52. The summed E-state index contributed by atoms with van der Waals surface area (Å²) in [5, 5.41) is 0. The molecule has 3 rings (SSSR count). The second kappa shape index (κ2) is 4.11. The van der Waals surface area contributed by atoms with Crippen LogP contribution in [0.2, 0.25) is 0 Å². The molecular weight excluding hydrogens is 208 g/mol. The number of hydrogen-bond acceptors (Lipinski definition) is 2. The van der Waals surface area contributed by atoms with E-state index in [2.05, 4.69) is 36.1 Å². The highest BCUT2D eigenvalue weighted by Crippen LogP contribution is 2.40. The van der Waals surface area contributed by atoms with Crippen molar-refractivity contribution in [3.63, 3.8) is 0 Å². The van der Waals surface area contributed by atoms with Crippen molar-refractivity contribution in [3.8, 4) is 0 Å². The van der Waals surface area contributed by atoms with Crippen molar-refractivity contribution in [2.45, 2.75) is 44.8 Å². The zero-order valence-electron chi connectivity index (χ0n) is 10.7. The van der Waals surface area contributed by atoms with Crippen LogP contribution in [0.25, 0.3) is 0 Å². The second-order valence-corrected chi connectivity index (χ2v) is 5.97. The SMILES string of the molecule is CC(CN)(CC1CC1)N1Cc2ccccc2C1. The molecule has 0 bridgehead atoms. The highest BCUT2D eigenvalue weighted by Gasteiger charge is 2.38. The summed E-state index contributed by atoms with van der Waals surface area (Å²) < 4.78 is 0. The van der Waals surface area contributed by atoms with E-state index >= 15 is 0 Å². The van der Waals surface area contributed by atoms with E-state index in [4.69, 9.17) is 5.73 Å². The van der Waals surface area contributed by atoms with Gasteiger partial charge < -0.3 is 5.73 Å². The Balaban J connectivity index is 1.77. The van der Waals surface area contributed by atoms with Crippen LogP contribution >= 0.6 is 0 Å². The lowest BCUT2D eigenvalue weighted by atomic mass is 9.93. The van der Waals surface area contributed by atoms with Crippen molar-refractivity contribution < 1.29 is 0 Å². The molecule has 1 fully saturated rings. The molecule has 92 valence electrons. The minimum atomic E-state index is 0.195. The molecule has 0 aromatic heterocycles. The standard InChI is InChI=1S/C15H22N2/c1-15(11-16,8-12-6-7-12)17-9-13-4-2-3-5-14(13)10-17/h2-5,12H,6-11,16H2,1H3. The molecular formula is C15H22N2. The van der Waals surface area contributed by atoms with Crippen LogP contribution in [0.4, 0.5) is 0 Å². The van der Waals surface area contributed by atoms with Crippen molar-refractivity contribution in [1.29, 1.82) is 0 Å². The summed E-state index contributed by atoms with van der Waals surface area (Å²) in [7, 11) is 0. The number of nitrogens with two attached hydrogens (primary N) is 1. The van der Waals surface area contributed by atoms with Gasteiger partial charge in [0.25, 0.3) is 0 Å². The Bertz CT molecular complexity index is 386. The molecule has 1 aliphatic carbocycles. The summed E-state index contributed by atoms with van der Waals surface area (Å²) in [6, 6.07) is 8.79. The Morgan fingerprint density at radius 1 is 1.24 bits per heavy atom. The van der Waals surface area contributed by atoms with E-state index in [0.29, 0.717) is 0 Å². The monoisotopic (exact) mass is 230 g/mol. The van der Waals surface area contributed by atoms with Crippen LogP contribution in [0.15, 0.2) is 24.3 Å². The molecule has 2 nitrogen and oxygen atoms in total. The molecule has 2 aliphatic rings. The Hall–Kier alpha value is -0.860. The lowest BCUT2D eigenvalue weighted by Crippen LogP contribution is -2.49. The molecule has 1 aromatic rings. The first-order chi connectivity index (χ1) is 8.21. The van der Waals surface area contributed by atoms with Crippen LogP contribution in [0, 0.1) is 5.92 Å². The van der Waals surface area contributed by atoms with Gasteiger partial charge in [-0.25, -0.2) is 0 Å². The quantitative estimate of drug-likeness (QED) is 0.861. The van der Waals surface area contributed by atoms with Gasteiger partial charge in [0.1, 0.15) is 0 Å². The van der Waals surface area contributed by atoms with Gasteiger partial charge in [-0.15, -0.1) is 0 Å². The summed E-state index contributed by atoms with van der Waals surface area (Å²) in [5.74, 6) is 0.937. The smallest absolute Gasteiger partial charge is 0.0313 e. The van der Waals surface area contributed by atoms with Gasteiger partial charge >= 0.3 is 0 Å². The normalized spacial score (nSPS) is 23.4. The number of fused-ring (bicyclic) bond motifs is 1. The van der Waals surface area contributed by atoms with E-state index in [1.165, 1.54) is 30.4 Å². The molecule has 1 aromatic carbocycles. The predicted molar refractivity (Wildman–Crippen MR) is 70.5 cm³/mol. The fourth-order valence-corrected chi connectivity index (χ4v) is 3.00. The van der Waals surface area contributed by atoms with Crippen LogP contribution in [0.5, 0.6) is 0 Å². The average Bonchev–Trinajstić information content (AvgIpc) is 3.04. The molecule has 1 atom stereocenters. The maximum atomic E-state index is 6.06. The maximum Gasteiger partial charge on any atom is 0.0313 e.